The van der Waals surface area contributed by atoms with Gasteiger partial charge in [-0.15, -0.1) is 0 Å². The van der Waals surface area contributed by atoms with E-state index >= 15 is 0 Å². The highest BCUT2D eigenvalue weighted by Crippen LogP contribution is 2.28. The molecule has 1 atom stereocenters. The molecule has 0 heterocycles. The predicted molar refractivity (Wildman–Crippen MR) is 88.6 cm³/mol. The summed E-state index contributed by atoms with van der Waals surface area (Å²) in [5.74, 6) is 0.716. The van der Waals surface area contributed by atoms with Crippen LogP contribution in [0.2, 0.25) is 0 Å². The number of fused-ring (bicyclic) bond motifs is 1. The fourth-order valence-corrected chi connectivity index (χ4v) is 2.32. The zero-order chi connectivity index (χ0) is 16.1. The third-order valence-corrected chi connectivity index (χ3v) is 3.46. The monoisotopic (exact) mass is 301 g/mol. The van der Waals surface area contributed by atoms with Crippen LogP contribution in [-0.2, 0) is 0 Å². The van der Waals surface area contributed by atoms with Gasteiger partial charge in [0.15, 0.2) is 5.78 Å². The number of ketones is 1. The minimum absolute atomic E-state index is 0.0314. The molecule has 2 rings (SSSR count). The Morgan fingerprint density at radius 3 is 2.50 bits per heavy atom. The van der Waals surface area contributed by atoms with Crippen LogP contribution in [0.4, 0.5) is 0 Å². The van der Waals surface area contributed by atoms with E-state index in [0.29, 0.717) is 23.9 Å². The first-order valence-corrected chi connectivity index (χ1v) is 7.56. The predicted octanol–water partition coefficient (Wildman–Crippen LogP) is 2.78. The summed E-state index contributed by atoms with van der Waals surface area (Å²) in [6, 6.07) is 11.5. The Hall–Kier alpha value is -1.91. The number of carbonyl (C=O) groups excluding carboxylic acids is 1. The van der Waals surface area contributed by atoms with E-state index in [0.717, 1.165) is 10.8 Å². The number of aliphatic hydroxyl groups excluding tert-OH is 1. The van der Waals surface area contributed by atoms with Crippen molar-refractivity contribution < 1.29 is 14.6 Å². The van der Waals surface area contributed by atoms with Crippen molar-refractivity contribution in [2.75, 3.05) is 13.2 Å². The average molecular weight is 301 g/mol. The van der Waals surface area contributed by atoms with Gasteiger partial charge in [-0.1, -0.05) is 38.1 Å². The van der Waals surface area contributed by atoms with Crippen molar-refractivity contribution in [3.8, 4) is 5.75 Å². The van der Waals surface area contributed by atoms with Gasteiger partial charge in [0, 0.05) is 23.5 Å². The Morgan fingerprint density at radius 2 is 1.86 bits per heavy atom. The lowest BCUT2D eigenvalue weighted by Gasteiger charge is -2.16. The van der Waals surface area contributed by atoms with Crippen LogP contribution in [0.3, 0.4) is 0 Å². The van der Waals surface area contributed by atoms with Gasteiger partial charge in [0.2, 0.25) is 0 Å². The van der Waals surface area contributed by atoms with Gasteiger partial charge in [0.1, 0.15) is 18.5 Å². The van der Waals surface area contributed by atoms with Crippen molar-refractivity contribution in [1.82, 2.24) is 5.32 Å². The summed E-state index contributed by atoms with van der Waals surface area (Å²) in [5, 5.41) is 14.9. The molecule has 0 fully saturated rings. The van der Waals surface area contributed by atoms with Crippen LogP contribution in [0.1, 0.15) is 31.1 Å². The third kappa shape index (κ3) is 4.06. The van der Waals surface area contributed by atoms with Crippen LogP contribution >= 0.6 is 0 Å². The summed E-state index contributed by atoms with van der Waals surface area (Å²) in [7, 11) is 0. The van der Waals surface area contributed by atoms with E-state index in [1.165, 1.54) is 0 Å². The maximum Gasteiger partial charge on any atom is 0.160 e. The quantitative estimate of drug-likeness (QED) is 0.772. The maximum atomic E-state index is 11.7. The van der Waals surface area contributed by atoms with Crippen LogP contribution in [0.25, 0.3) is 10.8 Å². The third-order valence-electron chi connectivity index (χ3n) is 3.46. The molecule has 2 aromatic carbocycles. The Kier molecular flexibility index (Phi) is 5.52. The zero-order valence-electron chi connectivity index (χ0n) is 13.3. The lowest BCUT2D eigenvalue weighted by Crippen LogP contribution is -2.35. The largest absolute Gasteiger partial charge is 0.490 e. The average Bonchev–Trinajstić information content (AvgIpc) is 2.50. The van der Waals surface area contributed by atoms with Gasteiger partial charge in [-0.2, -0.15) is 0 Å². The minimum atomic E-state index is -0.575. The Balaban J connectivity index is 2.15. The van der Waals surface area contributed by atoms with E-state index in [1.807, 2.05) is 38.1 Å². The number of ether oxygens (including phenoxy) is 1. The molecule has 118 valence electrons. The van der Waals surface area contributed by atoms with Gasteiger partial charge in [0.25, 0.3) is 0 Å². The van der Waals surface area contributed by atoms with E-state index in [1.54, 1.807) is 19.1 Å². The molecule has 0 radical (unpaired) electrons. The topological polar surface area (TPSA) is 58.6 Å². The lowest BCUT2D eigenvalue weighted by molar-refractivity contribution is 0.101. The molecule has 0 aliphatic heterocycles. The van der Waals surface area contributed by atoms with E-state index in [4.69, 9.17) is 4.74 Å². The van der Waals surface area contributed by atoms with Gasteiger partial charge in [-0.25, -0.2) is 0 Å². The van der Waals surface area contributed by atoms with Gasteiger partial charge in [-0.05, 0) is 24.4 Å². The molecule has 2 N–H and O–H groups in total. The molecule has 0 aliphatic rings. The number of hydrogen-bond donors (Lipinski definition) is 2. The van der Waals surface area contributed by atoms with E-state index in [2.05, 4.69) is 5.32 Å². The molecule has 0 aromatic heterocycles. The lowest BCUT2D eigenvalue weighted by atomic mass is 10.0. The second-order valence-electron chi connectivity index (χ2n) is 5.74. The van der Waals surface area contributed by atoms with Crippen molar-refractivity contribution in [1.29, 1.82) is 0 Å². The fourth-order valence-electron chi connectivity index (χ4n) is 2.32. The van der Waals surface area contributed by atoms with Crippen molar-refractivity contribution in [3.05, 3.63) is 42.0 Å². The summed E-state index contributed by atoms with van der Waals surface area (Å²) in [4.78, 5) is 11.7. The van der Waals surface area contributed by atoms with Crippen LogP contribution in [-0.4, -0.2) is 36.2 Å². The molecule has 0 bridgehead atoms. The maximum absolute atomic E-state index is 11.7. The summed E-state index contributed by atoms with van der Waals surface area (Å²) in [6.07, 6.45) is -0.575. The Labute approximate surface area is 131 Å². The molecule has 4 heteroatoms. The first-order valence-electron chi connectivity index (χ1n) is 7.56. The molecule has 0 spiro atoms. The van der Waals surface area contributed by atoms with Crippen molar-refractivity contribution in [3.63, 3.8) is 0 Å². The van der Waals surface area contributed by atoms with E-state index in [-0.39, 0.29) is 12.4 Å². The van der Waals surface area contributed by atoms with Crippen LogP contribution in [0, 0.1) is 0 Å². The van der Waals surface area contributed by atoms with Crippen molar-refractivity contribution in [2.24, 2.45) is 0 Å². The van der Waals surface area contributed by atoms with E-state index in [9.17, 15) is 9.90 Å². The van der Waals surface area contributed by atoms with Gasteiger partial charge in [-0.3, -0.25) is 4.79 Å². The van der Waals surface area contributed by atoms with Crippen molar-refractivity contribution in [2.45, 2.75) is 32.9 Å². The second-order valence-corrected chi connectivity index (χ2v) is 5.74. The highest BCUT2D eigenvalue weighted by atomic mass is 16.5. The molecular weight excluding hydrogens is 278 g/mol. The normalized spacial score (nSPS) is 12.6. The summed E-state index contributed by atoms with van der Waals surface area (Å²) < 4.78 is 5.75. The first kappa shape index (κ1) is 16.5. The van der Waals surface area contributed by atoms with Gasteiger partial charge >= 0.3 is 0 Å². The summed E-state index contributed by atoms with van der Waals surface area (Å²) in [5.41, 5.74) is 0.685. The molecule has 0 unspecified atom stereocenters. The number of aliphatic hydroxyl groups is 1. The molecule has 22 heavy (non-hydrogen) atoms. The molecule has 2 aromatic rings. The number of hydrogen-bond acceptors (Lipinski definition) is 4. The number of benzene rings is 2. The molecule has 0 saturated carbocycles. The van der Waals surface area contributed by atoms with E-state index < -0.39 is 6.10 Å². The molecule has 0 aliphatic carbocycles. The van der Waals surface area contributed by atoms with Crippen molar-refractivity contribution >= 4 is 16.6 Å². The molecule has 0 amide bonds. The number of nitrogens with one attached hydrogen (secondary N) is 1. The number of Topliss-reactive ketones (excluding diaryl/α,β-unsaturated/α-hetero) is 1. The SMILES string of the molecule is CC(=O)c1ccc(OC[C@H](O)CNC(C)C)c2ccccc12. The highest BCUT2D eigenvalue weighted by molar-refractivity contribution is 6.08. The standard InChI is InChI=1S/C18H23NO3/c1-12(2)19-10-14(21)11-22-18-9-8-15(13(3)20)16-6-4-5-7-17(16)18/h4-9,12,14,19,21H,10-11H2,1-3H3/t14-/m1/s1. The smallest absolute Gasteiger partial charge is 0.160 e. The zero-order valence-corrected chi connectivity index (χ0v) is 13.3. The fraction of sp³-hybridized carbons (Fsp3) is 0.389. The van der Waals surface area contributed by atoms with Gasteiger partial charge in [0.05, 0.1) is 0 Å². The summed E-state index contributed by atoms with van der Waals surface area (Å²) >= 11 is 0. The van der Waals surface area contributed by atoms with Gasteiger partial charge < -0.3 is 15.2 Å². The second kappa shape index (κ2) is 7.38. The first-order chi connectivity index (χ1) is 10.5. The molecular formula is C18H23NO3. The Bertz CT molecular complexity index is 652. The number of rotatable bonds is 7. The van der Waals surface area contributed by atoms with Crippen LogP contribution in [0.15, 0.2) is 36.4 Å². The summed E-state index contributed by atoms with van der Waals surface area (Å²) in [6.45, 7) is 6.32. The molecule has 0 saturated heterocycles. The minimum Gasteiger partial charge on any atom is -0.490 e. The van der Waals surface area contributed by atoms with Crippen LogP contribution in [0.5, 0.6) is 5.75 Å². The number of carbonyl (C=O) groups is 1. The Morgan fingerprint density at radius 1 is 1.18 bits per heavy atom. The highest BCUT2D eigenvalue weighted by Gasteiger charge is 2.11. The van der Waals surface area contributed by atoms with Crippen LogP contribution < -0.4 is 10.1 Å². The molecule has 4 nitrogen and oxygen atoms in total.